The summed E-state index contributed by atoms with van der Waals surface area (Å²) in [6.45, 7) is 16.9. The van der Waals surface area contributed by atoms with Crippen molar-refractivity contribution in [3.63, 3.8) is 0 Å². The van der Waals surface area contributed by atoms with Gasteiger partial charge in [0.15, 0.2) is 26.1 Å². The van der Waals surface area contributed by atoms with Crippen LogP contribution in [0.1, 0.15) is 41.0 Å². The van der Waals surface area contributed by atoms with Crippen LogP contribution in [-0.4, -0.2) is 53.4 Å². The van der Waals surface area contributed by atoms with E-state index in [0.717, 1.165) is 12.1 Å². The second kappa shape index (κ2) is 9.30. The fourth-order valence-electron chi connectivity index (χ4n) is 2.60. The van der Waals surface area contributed by atoms with E-state index >= 15 is 0 Å². The van der Waals surface area contributed by atoms with Crippen molar-refractivity contribution in [3.05, 3.63) is 12.7 Å². The smallest absolute Gasteiger partial charge is 0.192 e. The molecule has 9 heteroatoms. The predicted molar refractivity (Wildman–Crippen MR) is 113 cm³/mol. The third-order valence-corrected chi connectivity index (χ3v) is 9.84. The summed E-state index contributed by atoms with van der Waals surface area (Å²) < 4.78 is 20.1. The Morgan fingerprint density at radius 1 is 1.21 bits per heavy atom. The molecule has 0 saturated carbocycles. The highest BCUT2D eigenvalue weighted by atomic mass is 28.4. The molecule has 0 amide bonds. The van der Waals surface area contributed by atoms with Crippen LogP contribution in [0.5, 0.6) is 0 Å². The van der Waals surface area contributed by atoms with Crippen LogP contribution in [0.2, 0.25) is 18.1 Å². The van der Waals surface area contributed by atoms with E-state index in [1.54, 1.807) is 6.33 Å². The highest BCUT2D eigenvalue weighted by Crippen LogP contribution is 2.36. The van der Waals surface area contributed by atoms with Crippen LogP contribution >= 0.6 is 0 Å². The summed E-state index contributed by atoms with van der Waals surface area (Å²) >= 11 is 0. The van der Waals surface area contributed by atoms with E-state index in [4.69, 9.17) is 19.6 Å². The van der Waals surface area contributed by atoms with E-state index in [-0.39, 0.29) is 17.4 Å². The van der Waals surface area contributed by atoms with Crippen molar-refractivity contribution in [1.82, 2.24) is 19.5 Å². The quantitative estimate of drug-likeness (QED) is 0.473. The normalized spacial score (nSPS) is 15.1. The van der Waals surface area contributed by atoms with Gasteiger partial charge in [-0.05, 0) is 38.4 Å². The molecule has 8 nitrogen and oxygen atoms in total. The number of anilines is 1. The fourth-order valence-corrected chi connectivity index (χ4v) is 3.63. The first kappa shape index (κ1) is 22.7. The number of aryl methyl sites for hydroxylation is 1. The second-order valence-corrected chi connectivity index (χ2v) is 13.3. The van der Waals surface area contributed by atoms with Gasteiger partial charge in [-0.2, -0.15) is 0 Å². The Labute approximate surface area is 168 Å². The minimum atomic E-state index is -1.86. The maximum atomic E-state index is 6.40. The van der Waals surface area contributed by atoms with Crippen molar-refractivity contribution in [2.24, 2.45) is 0 Å². The van der Waals surface area contributed by atoms with Gasteiger partial charge in [0.05, 0.1) is 19.0 Å². The molecule has 2 N–H and O–H groups in total. The Hall–Kier alpha value is -1.55. The molecule has 0 aromatic carbocycles. The Morgan fingerprint density at radius 2 is 1.93 bits per heavy atom. The molecule has 0 bridgehead atoms. The molecule has 0 aliphatic carbocycles. The number of aromatic nitrogens is 4. The molecular weight excluding hydrogens is 374 g/mol. The lowest BCUT2D eigenvalue weighted by atomic mass is 10.2. The number of nitrogens with two attached hydrogens (primary N) is 1. The van der Waals surface area contributed by atoms with Gasteiger partial charge in [0.25, 0.3) is 0 Å². The van der Waals surface area contributed by atoms with Crippen molar-refractivity contribution in [2.75, 3.05) is 18.9 Å². The van der Waals surface area contributed by atoms with Crippen LogP contribution in [0, 0.1) is 0 Å². The summed E-state index contributed by atoms with van der Waals surface area (Å²) in [6, 6.07) is 0. The average molecular weight is 410 g/mol. The SMILES string of the molecule is CCOC(C)OC(CCn1cnc2c(N)ncnc21)CO[Si](C)(C)C(C)(C)C. The lowest BCUT2D eigenvalue weighted by Gasteiger charge is -2.37. The van der Waals surface area contributed by atoms with Gasteiger partial charge in [0.2, 0.25) is 0 Å². The molecule has 2 rings (SSSR count). The number of ether oxygens (including phenoxy) is 2. The Morgan fingerprint density at radius 3 is 2.57 bits per heavy atom. The van der Waals surface area contributed by atoms with Gasteiger partial charge in [-0.25, -0.2) is 15.0 Å². The summed E-state index contributed by atoms with van der Waals surface area (Å²) in [5, 5.41) is 0.151. The van der Waals surface area contributed by atoms with Gasteiger partial charge in [0, 0.05) is 13.2 Å². The first-order valence-electron chi connectivity index (χ1n) is 9.87. The second-order valence-electron chi connectivity index (χ2n) is 8.51. The molecule has 0 aliphatic rings. The number of hydrogen-bond donors (Lipinski definition) is 1. The molecule has 2 aromatic rings. The monoisotopic (exact) mass is 409 g/mol. The van der Waals surface area contributed by atoms with Gasteiger partial charge >= 0.3 is 0 Å². The van der Waals surface area contributed by atoms with Crippen LogP contribution in [-0.2, 0) is 20.4 Å². The third-order valence-electron chi connectivity index (χ3n) is 5.34. The Bertz CT molecular complexity index is 760. The van der Waals surface area contributed by atoms with Crippen molar-refractivity contribution < 1.29 is 13.9 Å². The largest absolute Gasteiger partial charge is 0.414 e. The zero-order valence-corrected chi connectivity index (χ0v) is 19.2. The number of rotatable bonds is 10. The van der Waals surface area contributed by atoms with E-state index in [0.29, 0.717) is 31.1 Å². The standard InChI is InChI=1S/C19H35N5O3Si/c1-8-25-14(2)27-15(11-26-28(6,7)19(3,4)5)9-10-24-13-23-16-17(20)21-12-22-18(16)24/h12-15H,8-11H2,1-7H3,(H2,20,21,22). The van der Waals surface area contributed by atoms with Gasteiger partial charge in [-0.15, -0.1) is 0 Å². The molecule has 0 radical (unpaired) electrons. The number of fused-ring (bicyclic) bond motifs is 1. The minimum absolute atomic E-state index is 0.0905. The zero-order valence-electron chi connectivity index (χ0n) is 18.2. The fraction of sp³-hybridized carbons (Fsp3) is 0.737. The van der Waals surface area contributed by atoms with Gasteiger partial charge in [-0.3, -0.25) is 0 Å². The zero-order chi connectivity index (χ0) is 20.9. The van der Waals surface area contributed by atoms with E-state index in [9.17, 15) is 0 Å². The molecule has 2 heterocycles. The van der Waals surface area contributed by atoms with Crippen molar-refractivity contribution >= 4 is 25.3 Å². The van der Waals surface area contributed by atoms with Gasteiger partial charge in [-0.1, -0.05) is 20.8 Å². The van der Waals surface area contributed by atoms with Crippen molar-refractivity contribution in [3.8, 4) is 0 Å². The number of imidazole rings is 1. The summed E-state index contributed by atoms with van der Waals surface area (Å²) in [6.07, 6.45) is 3.58. The lowest BCUT2D eigenvalue weighted by Crippen LogP contribution is -2.43. The third kappa shape index (κ3) is 5.73. The molecule has 28 heavy (non-hydrogen) atoms. The minimum Gasteiger partial charge on any atom is -0.414 e. The number of nitrogen functional groups attached to an aromatic ring is 1. The lowest BCUT2D eigenvalue weighted by molar-refractivity contribution is -0.166. The molecule has 0 saturated heterocycles. The average Bonchev–Trinajstić information content (AvgIpc) is 3.01. The van der Waals surface area contributed by atoms with Crippen molar-refractivity contribution in [1.29, 1.82) is 0 Å². The van der Waals surface area contributed by atoms with E-state index in [1.807, 2.05) is 18.4 Å². The predicted octanol–water partition coefficient (Wildman–Crippen LogP) is 3.59. The maximum Gasteiger partial charge on any atom is 0.192 e. The van der Waals surface area contributed by atoms with E-state index in [1.165, 1.54) is 6.33 Å². The van der Waals surface area contributed by atoms with Crippen LogP contribution in [0.25, 0.3) is 11.2 Å². The Kier molecular flexibility index (Phi) is 7.55. The molecule has 2 unspecified atom stereocenters. The summed E-state index contributed by atoms with van der Waals surface area (Å²) in [5.74, 6) is 0.391. The molecular formula is C19H35N5O3Si. The van der Waals surface area contributed by atoms with E-state index < -0.39 is 8.32 Å². The van der Waals surface area contributed by atoms with Gasteiger partial charge in [0.1, 0.15) is 11.8 Å². The van der Waals surface area contributed by atoms with Crippen LogP contribution in [0.4, 0.5) is 5.82 Å². The number of hydrogen-bond acceptors (Lipinski definition) is 7. The molecule has 0 aliphatic heterocycles. The number of nitrogens with zero attached hydrogens (tertiary/aromatic N) is 4. The summed E-state index contributed by atoms with van der Waals surface area (Å²) in [7, 11) is -1.86. The van der Waals surface area contributed by atoms with Gasteiger partial charge < -0.3 is 24.2 Å². The van der Waals surface area contributed by atoms with Crippen molar-refractivity contribution in [2.45, 2.75) is 78.1 Å². The molecule has 0 spiro atoms. The molecule has 0 fully saturated rings. The highest BCUT2D eigenvalue weighted by molar-refractivity contribution is 6.74. The Balaban J connectivity index is 2.07. The topological polar surface area (TPSA) is 97.3 Å². The van der Waals surface area contributed by atoms with E-state index in [2.05, 4.69) is 48.8 Å². The van der Waals surface area contributed by atoms with Crippen LogP contribution < -0.4 is 5.73 Å². The highest BCUT2D eigenvalue weighted by Gasteiger charge is 2.37. The first-order valence-corrected chi connectivity index (χ1v) is 12.8. The first-order chi connectivity index (χ1) is 13.0. The molecule has 158 valence electrons. The van der Waals surface area contributed by atoms with Crippen LogP contribution in [0.3, 0.4) is 0 Å². The molecule has 2 atom stereocenters. The van der Waals surface area contributed by atoms with Crippen LogP contribution in [0.15, 0.2) is 12.7 Å². The summed E-state index contributed by atoms with van der Waals surface area (Å²) in [5.41, 5.74) is 7.23. The summed E-state index contributed by atoms with van der Waals surface area (Å²) in [4.78, 5) is 12.6. The maximum absolute atomic E-state index is 6.40. The molecule has 2 aromatic heterocycles.